The van der Waals surface area contributed by atoms with Crippen LogP contribution in [0.25, 0.3) is 10.9 Å². The summed E-state index contributed by atoms with van der Waals surface area (Å²) in [6, 6.07) is 12.0. The monoisotopic (exact) mass is 440 g/mol. The molecule has 4 rings (SSSR count). The minimum Gasteiger partial charge on any atom is -0.494 e. The lowest BCUT2D eigenvalue weighted by molar-refractivity contribution is -0.384. The van der Waals surface area contributed by atoms with Gasteiger partial charge in [0, 0.05) is 43.2 Å². The maximum absolute atomic E-state index is 12.9. The zero-order valence-electron chi connectivity index (χ0n) is 17.2. The van der Waals surface area contributed by atoms with Crippen LogP contribution in [0.3, 0.4) is 0 Å². The molecule has 0 radical (unpaired) electrons. The fourth-order valence-corrected chi connectivity index (χ4v) is 3.99. The van der Waals surface area contributed by atoms with Crippen molar-refractivity contribution in [1.82, 2.24) is 9.88 Å². The predicted molar refractivity (Wildman–Crippen MR) is 119 cm³/mol. The summed E-state index contributed by atoms with van der Waals surface area (Å²) in [6.45, 7) is 4.23. The number of nitro benzene ring substituents is 1. The minimum atomic E-state index is -0.584. The molecule has 0 aliphatic carbocycles. The Bertz CT molecular complexity index is 1180. The lowest BCUT2D eigenvalue weighted by Gasteiger charge is -2.35. The van der Waals surface area contributed by atoms with Crippen LogP contribution in [0.4, 0.5) is 11.5 Å². The van der Waals surface area contributed by atoms with Gasteiger partial charge in [0.2, 0.25) is 0 Å². The summed E-state index contributed by atoms with van der Waals surface area (Å²) < 4.78 is 5.47. The van der Waals surface area contributed by atoms with Gasteiger partial charge in [-0.15, -0.1) is 0 Å². The van der Waals surface area contributed by atoms with Gasteiger partial charge < -0.3 is 14.5 Å². The van der Waals surface area contributed by atoms with Crippen molar-refractivity contribution in [2.24, 2.45) is 0 Å². The average molecular weight is 441 g/mol. The maximum Gasteiger partial charge on any atom is 0.288 e. The highest BCUT2D eigenvalue weighted by molar-refractivity contribution is 6.32. The summed E-state index contributed by atoms with van der Waals surface area (Å²) in [5.41, 5.74) is 1.91. The molecule has 1 aliphatic rings. The predicted octanol–water partition coefficient (Wildman–Crippen LogP) is 4.08. The third-order valence-corrected chi connectivity index (χ3v) is 5.82. The van der Waals surface area contributed by atoms with Gasteiger partial charge in [-0.2, -0.15) is 0 Å². The Morgan fingerprint density at radius 1 is 1.16 bits per heavy atom. The number of pyridine rings is 1. The third-order valence-electron chi connectivity index (χ3n) is 5.50. The van der Waals surface area contributed by atoms with Crippen molar-refractivity contribution in [3.05, 3.63) is 68.7 Å². The van der Waals surface area contributed by atoms with Gasteiger partial charge >= 0.3 is 0 Å². The zero-order chi connectivity index (χ0) is 22.1. The first-order chi connectivity index (χ1) is 14.9. The maximum atomic E-state index is 12.9. The Morgan fingerprint density at radius 2 is 1.90 bits per heavy atom. The van der Waals surface area contributed by atoms with Crippen LogP contribution in [0.1, 0.15) is 15.9 Å². The number of nitrogens with zero attached hydrogens (tertiary/aromatic N) is 4. The second kappa shape index (κ2) is 8.39. The van der Waals surface area contributed by atoms with E-state index in [0.29, 0.717) is 26.2 Å². The van der Waals surface area contributed by atoms with Gasteiger partial charge in [0.1, 0.15) is 22.1 Å². The Balaban J connectivity index is 1.52. The molecule has 0 unspecified atom stereocenters. The molecule has 2 heterocycles. The van der Waals surface area contributed by atoms with E-state index in [1.54, 1.807) is 12.0 Å². The van der Waals surface area contributed by atoms with Crippen LogP contribution in [0.5, 0.6) is 5.75 Å². The van der Waals surface area contributed by atoms with Crippen LogP contribution in [-0.2, 0) is 0 Å². The van der Waals surface area contributed by atoms with Gasteiger partial charge in [0.15, 0.2) is 0 Å². The van der Waals surface area contributed by atoms with Crippen LogP contribution >= 0.6 is 11.6 Å². The van der Waals surface area contributed by atoms with E-state index in [4.69, 9.17) is 21.3 Å². The first-order valence-electron chi connectivity index (χ1n) is 9.81. The Hall–Kier alpha value is -3.39. The van der Waals surface area contributed by atoms with E-state index < -0.39 is 4.92 Å². The van der Waals surface area contributed by atoms with Crippen molar-refractivity contribution < 1.29 is 14.5 Å². The molecule has 31 heavy (non-hydrogen) atoms. The second-order valence-corrected chi connectivity index (χ2v) is 7.76. The van der Waals surface area contributed by atoms with Crippen LogP contribution in [0, 0.1) is 17.0 Å². The number of carbonyl (C=O) groups is 1. The first-order valence-corrected chi connectivity index (χ1v) is 10.2. The minimum absolute atomic E-state index is 0.0135. The van der Waals surface area contributed by atoms with Crippen molar-refractivity contribution in [3.63, 3.8) is 0 Å². The number of aryl methyl sites for hydroxylation is 1. The number of hydrogen-bond acceptors (Lipinski definition) is 6. The van der Waals surface area contributed by atoms with E-state index in [2.05, 4.69) is 4.90 Å². The number of aromatic nitrogens is 1. The van der Waals surface area contributed by atoms with Gasteiger partial charge in [-0.1, -0.05) is 23.7 Å². The molecule has 0 spiro atoms. The quantitative estimate of drug-likeness (QED) is 0.448. The lowest BCUT2D eigenvalue weighted by atomic mass is 10.1. The van der Waals surface area contributed by atoms with Crippen molar-refractivity contribution in [3.8, 4) is 5.75 Å². The van der Waals surface area contributed by atoms with Crippen LogP contribution < -0.4 is 9.64 Å². The van der Waals surface area contributed by atoms with Gasteiger partial charge in [0.05, 0.1) is 12.0 Å². The van der Waals surface area contributed by atoms with E-state index >= 15 is 0 Å². The average Bonchev–Trinajstić information content (AvgIpc) is 2.78. The highest BCUT2D eigenvalue weighted by atomic mass is 35.5. The van der Waals surface area contributed by atoms with E-state index in [9.17, 15) is 14.9 Å². The van der Waals surface area contributed by atoms with E-state index in [1.165, 1.54) is 18.2 Å². The molecule has 1 fully saturated rings. The van der Waals surface area contributed by atoms with Crippen molar-refractivity contribution in [2.45, 2.75) is 6.92 Å². The molecule has 8 nitrogen and oxygen atoms in total. The summed E-state index contributed by atoms with van der Waals surface area (Å²) in [7, 11) is 1.63. The Kier molecular flexibility index (Phi) is 5.65. The van der Waals surface area contributed by atoms with Gasteiger partial charge in [-0.3, -0.25) is 14.9 Å². The number of methoxy groups -OCH3 is 1. The number of halogens is 1. The van der Waals surface area contributed by atoms with Crippen LogP contribution in [0.15, 0.2) is 42.5 Å². The number of piperazine rings is 1. The molecular formula is C22H21ClN4O4. The van der Waals surface area contributed by atoms with Crippen LogP contribution in [0.2, 0.25) is 5.02 Å². The topological polar surface area (TPSA) is 88.8 Å². The molecule has 0 bridgehead atoms. The highest BCUT2D eigenvalue weighted by Gasteiger charge is 2.25. The van der Waals surface area contributed by atoms with E-state index in [0.717, 1.165) is 28.0 Å². The molecule has 0 atom stereocenters. The molecule has 0 N–H and O–H groups in total. The lowest BCUT2D eigenvalue weighted by Crippen LogP contribution is -2.49. The molecule has 160 valence electrons. The highest BCUT2D eigenvalue weighted by Crippen LogP contribution is 2.30. The largest absolute Gasteiger partial charge is 0.494 e. The number of fused-ring (bicyclic) bond motifs is 1. The van der Waals surface area contributed by atoms with E-state index in [-0.39, 0.29) is 22.2 Å². The standard InChI is InChI=1S/C22H21ClN4O4/c1-14-12-20(24-21-16(14)4-3-5-19(21)31-2)25-8-10-26(11-9-25)22(28)15-6-7-17(23)18(13-15)27(29)30/h3-7,12-13H,8-11H2,1-2H3. The number of benzene rings is 2. The summed E-state index contributed by atoms with van der Waals surface area (Å²) in [5.74, 6) is 1.31. The third kappa shape index (κ3) is 3.98. The van der Waals surface area contributed by atoms with Crippen molar-refractivity contribution >= 4 is 39.9 Å². The van der Waals surface area contributed by atoms with Gasteiger partial charge in [-0.05, 0) is 36.8 Å². The smallest absolute Gasteiger partial charge is 0.288 e. The summed E-state index contributed by atoms with van der Waals surface area (Å²) in [4.78, 5) is 32.0. The van der Waals surface area contributed by atoms with Crippen LogP contribution in [-0.4, -0.2) is 54.0 Å². The fourth-order valence-electron chi connectivity index (χ4n) is 3.81. The summed E-state index contributed by atoms with van der Waals surface area (Å²) >= 11 is 5.86. The molecular weight excluding hydrogens is 420 g/mol. The number of para-hydroxylation sites is 1. The molecule has 2 aromatic carbocycles. The fraction of sp³-hybridized carbons (Fsp3) is 0.273. The molecule has 3 aromatic rings. The van der Waals surface area contributed by atoms with Gasteiger partial charge in [0.25, 0.3) is 11.6 Å². The zero-order valence-corrected chi connectivity index (χ0v) is 17.9. The Morgan fingerprint density at radius 3 is 2.58 bits per heavy atom. The number of carbonyl (C=O) groups excluding carboxylic acids is 1. The molecule has 0 saturated carbocycles. The number of rotatable bonds is 4. The molecule has 9 heteroatoms. The van der Waals surface area contributed by atoms with Crippen molar-refractivity contribution in [1.29, 1.82) is 0 Å². The SMILES string of the molecule is COc1cccc2c(C)cc(N3CCN(C(=O)c4ccc(Cl)c([N+](=O)[O-])c4)CC3)nc12. The molecule has 1 aliphatic heterocycles. The summed E-state index contributed by atoms with van der Waals surface area (Å²) in [5, 5.41) is 12.2. The Labute approximate surface area is 184 Å². The number of amides is 1. The number of hydrogen-bond donors (Lipinski definition) is 0. The first kappa shape index (κ1) is 20.9. The molecule has 1 saturated heterocycles. The number of ether oxygens (including phenoxy) is 1. The number of anilines is 1. The van der Waals surface area contributed by atoms with Crippen molar-refractivity contribution in [2.75, 3.05) is 38.2 Å². The van der Waals surface area contributed by atoms with Gasteiger partial charge in [-0.25, -0.2) is 4.98 Å². The molecule has 1 amide bonds. The van der Waals surface area contributed by atoms with E-state index in [1.807, 2.05) is 31.2 Å². The molecule has 1 aromatic heterocycles. The number of nitro groups is 1. The summed E-state index contributed by atoms with van der Waals surface area (Å²) in [6.07, 6.45) is 0. The normalized spacial score (nSPS) is 14.0. The second-order valence-electron chi connectivity index (χ2n) is 7.36.